The van der Waals surface area contributed by atoms with Crippen LogP contribution in [-0.2, 0) is 44.3 Å². The van der Waals surface area contributed by atoms with E-state index in [4.69, 9.17) is 42.6 Å². The molecule has 0 aromatic heterocycles. The molecular formula is C38H59NO23. The van der Waals surface area contributed by atoms with Crippen molar-refractivity contribution in [2.24, 2.45) is 5.41 Å². The fourth-order valence-electron chi connectivity index (χ4n) is 8.17. The highest BCUT2D eigenvalue weighted by atomic mass is 16.8. The zero-order valence-electron chi connectivity index (χ0n) is 33.9. The summed E-state index contributed by atoms with van der Waals surface area (Å²) in [6.07, 6.45) is -33.4. The van der Waals surface area contributed by atoms with Crippen molar-refractivity contribution in [1.82, 2.24) is 5.32 Å². The Labute approximate surface area is 354 Å². The molecule has 0 aliphatic carbocycles. The van der Waals surface area contributed by atoms with E-state index in [-0.39, 0.29) is 23.4 Å². The zero-order chi connectivity index (χ0) is 45.4. The van der Waals surface area contributed by atoms with Gasteiger partial charge in [-0.25, -0.2) is 0 Å². The van der Waals surface area contributed by atoms with Crippen molar-refractivity contribution in [2.45, 2.75) is 149 Å². The van der Waals surface area contributed by atoms with Gasteiger partial charge in [-0.05, 0) is 24.1 Å². The van der Waals surface area contributed by atoms with Gasteiger partial charge in [0, 0.05) is 18.6 Å². The highest BCUT2D eigenvalue weighted by Crippen LogP contribution is 2.38. The molecule has 1 aromatic carbocycles. The largest absolute Gasteiger partial charge is 0.506 e. The summed E-state index contributed by atoms with van der Waals surface area (Å²) in [5, 5.41) is 151. The lowest BCUT2D eigenvalue weighted by Gasteiger charge is -2.49. The Hall–Kier alpha value is -2.64. The predicted molar refractivity (Wildman–Crippen MR) is 200 cm³/mol. The van der Waals surface area contributed by atoms with Gasteiger partial charge in [-0.2, -0.15) is 0 Å². The van der Waals surface area contributed by atoms with Gasteiger partial charge in [-0.1, -0.05) is 26.0 Å². The van der Waals surface area contributed by atoms with E-state index in [0.717, 1.165) is 5.56 Å². The quantitative estimate of drug-likeness (QED) is 0.0779. The SMILES string of the molecule is COC1C(CO)OC(OC2C(CO)OC(OC3C(CO)OC(OC4C(CO)OC(Oc5ccc(CC6NC(O)=C(O)C6(C)C)cc5)C(O)C4O)C(O)C3O)C(O)C2O)C(O)C1O. The topological polar surface area (TPSA) is 378 Å². The fourth-order valence-corrected chi connectivity index (χ4v) is 8.17. The summed E-state index contributed by atoms with van der Waals surface area (Å²) in [4.78, 5) is 0. The van der Waals surface area contributed by atoms with Gasteiger partial charge in [-0.3, -0.25) is 0 Å². The third-order valence-electron chi connectivity index (χ3n) is 12.1. The van der Waals surface area contributed by atoms with Crippen molar-refractivity contribution in [3.63, 3.8) is 0 Å². The highest BCUT2D eigenvalue weighted by Gasteiger charge is 2.55. The molecule has 0 saturated carbocycles. The van der Waals surface area contributed by atoms with Crippen molar-refractivity contribution in [3.05, 3.63) is 41.5 Å². The summed E-state index contributed by atoms with van der Waals surface area (Å²) < 4.78 is 50.5. The molecule has 0 radical (unpaired) electrons. The predicted octanol–water partition coefficient (Wildman–Crippen LogP) is -6.18. The number of hydrogen-bond donors (Lipinski definition) is 15. The molecule has 15 N–H and O–H groups in total. The molecule has 21 atom stereocenters. The summed E-state index contributed by atoms with van der Waals surface area (Å²) in [6.45, 7) is 0.299. The lowest BCUT2D eigenvalue weighted by atomic mass is 9.82. The van der Waals surface area contributed by atoms with E-state index >= 15 is 0 Å². The van der Waals surface area contributed by atoms with Crippen LogP contribution in [0.3, 0.4) is 0 Å². The average molecular weight is 898 g/mol. The van der Waals surface area contributed by atoms with E-state index in [0.29, 0.717) is 6.42 Å². The maximum Gasteiger partial charge on any atom is 0.229 e. The van der Waals surface area contributed by atoms with Gasteiger partial charge in [0.25, 0.3) is 0 Å². The molecule has 5 aliphatic rings. The van der Waals surface area contributed by atoms with Crippen LogP contribution in [0, 0.1) is 5.41 Å². The van der Waals surface area contributed by atoms with Crippen LogP contribution in [0.5, 0.6) is 5.75 Å². The number of rotatable bonds is 15. The second-order valence-electron chi connectivity index (χ2n) is 16.4. The van der Waals surface area contributed by atoms with E-state index in [1.54, 1.807) is 38.1 Å². The van der Waals surface area contributed by atoms with Gasteiger partial charge in [-0.15, -0.1) is 0 Å². The molecular weight excluding hydrogens is 838 g/mol. The van der Waals surface area contributed by atoms with Crippen molar-refractivity contribution >= 4 is 0 Å². The first-order chi connectivity index (χ1) is 29.4. The van der Waals surface area contributed by atoms with Gasteiger partial charge in [0.1, 0.15) is 103 Å². The number of aliphatic hydroxyl groups is 14. The molecule has 24 heteroatoms. The molecule has 5 aliphatic heterocycles. The van der Waals surface area contributed by atoms with Gasteiger partial charge >= 0.3 is 0 Å². The fraction of sp³-hybridized carbons (Fsp3) is 0.789. The Morgan fingerprint density at radius 3 is 1.24 bits per heavy atom. The van der Waals surface area contributed by atoms with Crippen LogP contribution in [0.15, 0.2) is 35.9 Å². The number of benzene rings is 1. The molecule has 4 saturated heterocycles. The molecule has 4 fully saturated rings. The standard InChI is InChI=1S/C38H59NO23/c1-38(2)19(39-33(53)32(38)52)8-13-4-6-14(7-5-13)55-34-25(49)21(45)29(16(10-41)57-34)61-36-27(51)23(47)31(18(12-43)59-36)62-37-26(50)22(46)30(17(11-42)58-37)60-35-24(48)20(44)28(54-3)15(9-40)56-35/h4-7,15-31,34-37,39-53H,8-12H2,1-3H3. The second-order valence-corrected chi connectivity index (χ2v) is 16.4. The van der Waals surface area contributed by atoms with Crippen LogP contribution < -0.4 is 10.1 Å². The van der Waals surface area contributed by atoms with Crippen LogP contribution in [0.4, 0.5) is 0 Å². The molecule has 0 bridgehead atoms. The molecule has 24 nitrogen and oxygen atoms in total. The number of hydrogen-bond acceptors (Lipinski definition) is 24. The Morgan fingerprint density at radius 1 is 0.532 bits per heavy atom. The molecule has 21 unspecified atom stereocenters. The molecule has 5 heterocycles. The van der Waals surface area contributed by atoms with Gasteiger partial charge in [0.2, 0.25) is 12.2 Å². The lowest BCUT2D eigenvalue weighted by Crippen LogP contribution is -2.67. The summed E-state index contributed by atoms with van der Waals surface area (Å²) >= 11 is 0. The van der Waals surface area contributed by atoms with Crippen molar-refractivity contribution < 1.29 is 114 Å². The molecule has 1 aromatic rings. The van der Waals surface area contributed by atoms with Crippen molar-refractivity contribution in [3.8, 4) is 5.75 Å². The number of ether oxygens (including phenoxy) is 9. The minimum atomic E-state index is -2.03. The zero-order valence-corrected chi connectivity index (χ0v) is 33.9. The molecule has 62 heavy (non-hydrogen) atoms. The monoisotopic (exact) mass is 897 g/mol. The van der Waals surface area contributed by atoms with Gasteiger partial charge < -0.3 is 119 Å². The van der Waals surface area contributed by atoms with Crippen molar-refractivity contribution in [2.75, 3.05) is 33.5 Å². The first kappa shape index (κ1) is 48.8. The third kappa shape index (κ3) is 9.66. The smallest absolute Gasteiger partial charge is 0.229 e. The maximum absolute atomic E-state index is 11.2. The Balaban J connectivity index is 1.05. The molecule has 0 amide bonds. The van der Waals surface area contributed by atoms with E-state index in [2.05, 4.69) is 5.32 Å². The number of aliphatic hydroxyl groups excluding tert-OH is 14. The van der Waals surface area contributed by atoms with Gasteiger partial charge in [0.15, 0.2) is 24.6 Å². The third-order valence-corrected chi connectivity index (χ3v) is 12.1. The Kier molecular flexibility index (Phi) is 15.9. The molecule has 354 valence electrons. The van der Waals surface area contributed by atoms with E-state index in [9.17, 15) is 71.5 Å². The molecule has 6 rings (SSSR count). The van der Waals surface area contributed by atoms with Crippen LogP contribution in [-0.4, -0.2) is 234 Å². The van der Waals surface area contributed by atoms with Crippen molar-refractivity contribution in [1.29, 1.82) is 0 Å². The average Bonchev–Trinajstić information content (AvgIpc) is 3.45. The van der Waals surface area contributed by atoms with Crippen LogP contribution in [0.1, 0.15) is 19.4 Å². The van der Waals surface area contributed by atoms with Crippen LogP contribution >= 0.6 is 0 Å². The summed E-state index contributed by atoms with van der Waals surface area (Å²) in [5.74, 6) is -0.236. The number of methoxy groups -OCH3 is 1. The summed E-state index contributed by atoms with van der Waals surface area (Å²) in [5.41, 5.74) is 0.0676. The van der Waals surface area contributed by atoms with E-state index in [1.807, 2.05) is 0 Å². The first-order valence-electron chi connectivity index (χ1n) is 20.0. The second kappa shape index (κ2) is 20.3. The number of nitrogens with one attached hydrogen (secondary N) is 1. The lowest BCUT2D eigenvalue weighted by molar-refractivity contribution is -0.387. The minimum Gasteiger partial charge on any atom is -0.506 e. The normalized spacial score (nSPS) is 44.9. The summed E-state index contributed by atoms with van der Waals surface area (Å²) in [7, 11) is 1.22. The highest BCUT2D eigenvalue weighted by molar-refractivity contribution is 5.30. The van der Waals surface area contributed by atoms with Crippen LogP contribution in [0.25, 0.3) is 0 Å². The van der Waals surface area contributed by atoms with E-state index < -0.39 is 155 Å². The minimum absolute atomic E-state index is 0.150. The molecule has 0 spiro atoms. The van der Waals surface area contributed by atoms with E-state index in [1.165, 1.54) is 7.11 Å². The maximum atomic E-state index is 11.2. The first-order valence-corrected chi connectivity index (χ1v) is 20.0. The Morgan fingerprint density at radius 2 is 0.887 bits per heavy atom. The van der Waals surface area contributed by atoms with Crippen LogP contribution in [0.2, 0.25) is 0 Å². The van der Waals surface area contributed by atoms with Gasteiger partial charge in [0.05, 0.1) is 26.4 Å². The summed E-state index contributed by atoms with van der Waals surface area (Å²) in [6, 6.07) is 6.22. The Bertz CT molecular complexity index is 1620.